The van der Waals surface area contributed by atoms with Gasteiger partial charge in [0.2, 0.25) is 10.0 Å². The number of hydrogen-bond acceptors (Lipinski definition) is 6. The van der Waals surface area contributed by atoms with Crippen molar-refractivity contribution in [1.82, 2.24) is 4.72 Å². The Morgan fingerprint density at radius 1 is 1.40 bits per heavy atom. The SMILES string of the molecule is CCOC(CNS(=O)(=O)c1csc(C(=O)O)c1)OCC. The maximum absolute atomic E-state index is 12.0. The molecule has 114 valence electrons. The number of aromatic carboxylic acids is 1. The zero-order valence-corrected chi connectivity index (χ0v) is 12.8. The van der Waals surface area contributed by atoms with Crippen LogP contribution < -0.4 is 4.72 Å². The van der Waals surface area contributed by atoms with Gasteiger partial charge in [0.1, 0.15) is 4.88 Å². The summed E-state index contributed by atoms with van der Waals surface area (Å²) in [5.74, 6) is -1.15. The second-order valence-corrected chi connectivity index (χ2v) is 6.32. The zero-order valence-electron chi connectivity index (χ0n) is 11.2. The van der Waals surface area contributed by atoms with E-state index in [1.807, 2.05) is 0 Å². The van der Waals surface area contributed by atoms with Crippen molar-refractivity contribution < 1.29 is 27.8 Å². The van der Waals surface area contributed by atoms with Gasteiger partial charge >= 0.3 is 5.97 Å². The Bertz CT molecular complexity index is 533. The van der Waals surface area contributed by atoms with E-state index < -0.39 is 22.3 Å². The second kappa shape index (κ2) is 7.70. The largest absolute Gasteiger partial charge is 0.477 e. The van der Waals surface area contributed by atoms with E-state index in [1.165, 1.54) is 5.38 Å². The van der Waals surface area contributed by atoms with E-state index in [1.54, 1.807) is 13.8 Å². The average molecular weight is 323 g/mol. The van der Waals surface area contributed by atoms with E-state index in [2.05, 4.69) is 4.72 Å². The summed E-state index contributed by atoms with van der Waals surface area (Å²) in [5.41, 5.74) is 0. The normalized spacial score (nSPS) is 11.9. The molecule has 0 aliphatic rings. The smallest absolute Gasteiger partial charge is 0.345 e. The lowest BCUT2D eigenvalue weighted by Crippen LogP contribution is -2.35. The molecule has 0 aliphatic carbocycles. The van der Waals surface area contributed by atoms with Crippen LogP contribution in [0.5, 0.6) is 0 Å². The molecule has 0 atom stereocenters. The first-order chi connectivity index (χ1) is 9.40. The van der Waals surface area contributed by atoms with Crippen molar-refractivity contribution in [2.45, 2.75) is 25.0 Å². The lowest BCUT2D eigenvalue weighted by atomic mass is 10.5. The molecule has 1 aromatic rings. The number of sulfonamides is 1. The molecule has 0 aliphatic heterocycles. The van der Waals surface area contributed by atoms with Gasteiger partial charge in [0, 0.05) is 18.6 Å². The van der Waals surface area contributed by atoms with Gasteiger partial charge in [0.15, 0.2) is 6.29 Å². The summed E-state index contributed by atoms with van der Waals surface area (Å²) in [7, 11) is -3.77. The van der Waals surface area contributed by atoms with E-state index in [4.69, 9.17) is 14.6 Å². The Labute approximate surface area is 121 Å². The highest BCUT2D eigenvalue weighted by Crippen LogP contribution is 2.19. The van der Waals surface area contributed by atoms with Crippen molar-refractivity contribution in [3.05, 3.63) is 16.3 Å². The van der Waals surface area contributed by atoms with Crippen molar-refractivity contribution >= 4 is 27.3 Å². The van der Waals surface area contributed by atoms with Crippen LogP contribution in [0.4, 0.5) is 0 Å². The van der Waals surface area contributed by atoms with Crippen molar-refractivity contribution in [1.29, 1.82) is 0 Å². The third kappa shape index (κ3) is 4.84. The Morgan fingerprint density at radius 3 is 2.45 bits per heavy atom. The fourth-order valence-corrected chi connectivity index (χ4v) is 3.50. The lowest BCUT2D eigenvalue weighted by molar-refractivity contribution is -0.130. The van der Waals surface area contributed by atoms with Crippen LogP contribution in [0.15, 0.2) is 16.3 Å². The molecule has 0 bridgehead atoms. The third-order valence-corrected chi connectivity index (χ3v) is 4.71. The molecule has 20 heavy (non-hydrogen) atoms. The molecule has 0 radical (unpaired) electrons. The predicted molar refractivity (Wildman–Crippen MR) is 73.5 cm³/mol. The van der Waals surface area contributed by atoms with Crippen LogP contribution in [0.2, 0.25) is 0 Å². The number of carbonyl (C=O) groups is 1. The fourth-order valence-electron chi connectivity index (χ4n) is 1.37. The van der Waals surface area contributed by atoms with Crippen molar-refractivity contribution in [2.24, 2.45) is 0 Å². The number of ether oxygens (including phenoxy) is 2. The van der Waals surface area contributed by atoms with Gasteiger partial charge in [0.05, 0.1) is 11.4 Å². The molecule has 0 saturated heterocycles. The van der Waals surface area contributed by atoms with Gasteiger partial charge in [-0.1, -0.05) is 0 Å². The highest BCUT2D eigenvalue weighted by Gasteiger charge is 2.20. The Kier molecular flexibility index (Phi) is 6.56. The summed E-state index contributed by atoms with van der Waals surface area (Å²) < 4.78 is 36.7. The number of nitrogens with one attached hydrogen (secondary N) is 1. The zero-order chi connectivity index (χ0) is 15.2. The van der Waals surface area contributed by atoms with E-state index in [9.17, 15) is 13.2 Å². The summed E-state index contributed by atoms with van der Waals surface area (Å²) in [4.78, 5) is 10.6. The molecule has 0 spiro atoms. The predicted octanol–water partition coefficient (Wildman–Crippen LogP) is 1.12. The highest BCUT2D eigenvalue weighted by molar-refractivity contribution is 7.89. The average Bonchev–Trinajstić information content (AvgIpc) is 2.87. The Hall–Kier alpha value is -1.00. The minimum absolute atomic E-state index is 0.0310. The first-order valence-corrected chi connectivity index (χ1v) is 8.31. The van der Waals surface area contributed by atoms with E-state index in [-0.39, 0.29) is 16.3 Å². The summed E-state index contributed by atoms with van der Waals surface area (Å²) in [6, 6.07) is 1.12. The summed E-state index contributed by atoms with van der Waals surface area (Å²) >= 11 is 0.858. The first-order valence-electron chi connectivity index (χ1n) is 5.95. The Morgan fingerprint density at radius 2 is 2.00 bits per heavy atom. The number of thiophene rings is 1. The molecular weight excluding hydrogens is 306 g/mol. The van der Waals surface area contributed by atoms with E-state index in [0.717, 1.165) is 17.4 Å². The van der Waals surface area contributed by atoms with Crippen LogP contribution in [0.25, 0.3) is 0 Å². The van der Waals surface area contributed by atoms with Crippen LogP contribution in [-0.4, -0.2) is 45.5 Å². The molecular formula is C11H17NO6S2. The monoisotopic (exact) mass is 323 g/mol. The minimum Gasteiger partial charge on any atom is -0.477 e. The topological polar surface area (TPSA) is 102 Å². The molecule has 0 unspecified atom stereocenters. The molecule has 1 aromatic heterocycles. The van der Waals surface area contributed by atoms with E-state index >= 15 is 0 Å². The second-order valence-electron chi connectivity index (χ2n) is 3.64. The van der Waals surface area contributed by atoms with Crippen LogP contribution in [0.1, 0.15) is 23.5 Å². The number of hydrogen-bond donors (Lipinski definition) is 2. The summed E-state index contributed by atoms with van der Waals surface area (Å²) in [6.45, 7) is 4.31. The van der Waals surface area contributed by atoms with Gasteiger partial charge in [-0.3, -0.25) is 0 Å². The first kappa shape index (κ1) is 17.1. The van der Waals surface area contributed by atoms with Crippen LogP contribution in [-0.2, 0) is 19.5 Å². The van der Waals surface area contributed by atoms with Gasteiger partial charge in [-0.05, 0) is 19.9 Å². The maximum Gasteiger partial charge on any atom is 0.345 e. The van der Waals surface area contributed by atoms with Gasteiger partial charge < -0.3 is 14.6 Å². The van der Waals surface area contributed by atoms with Crippen LogP contribution >= 0.6 is 11.3 Å². The third-order valence-electron chi connectivity index (χ3n) is 2.24. The molecule has 0 aromatic carbocycles. The minimum atomic E-state index is -3.77. The lowest BCUT2D eigenvalue weighted by Gasteiger charge is -2.17. The van der Waals surface area contributed by atoms with Gasteiger partial charge in [-0.2, -0.15) is 0 Å². The molecule has 9 heteroatoms. The van der Waals surface area contributed by atoms with Crippen molar-refractivity contribution in [2.75, 3.05) is 19.8 Å². The fraction of sp³-hybridized carbons (Fsp3) is 0.545. The quantitative estimate of drug-likeness (QED) is 0.660. The van der Waals surface area contributed by atoms with Gasteiger partial charge in [0.25, 0.3) is 0 Å². The number of carboxylic acids is 1. The summed E-state index contributed by atoms with van der Waals surface area (Å²) in [6.07, 6.45) is -0.669. The molecule has 2 N–H and O–H groups in total. The molecule has 7 nitrogen and oxygen atoms in total. The molecule has 1 heterocycles. The molecule has 1 rings (SSSR count). The van der Waals surface area contributed by atoms with Crippen LogP contribution in [0.3, 0.4) is 0 Å². The molecule has 0 saturated carbocycles. The molecule has 0 fully saturated rings. The molecule has 0 amide bonds. The van der Waals surface area contributed by atoms with Crippen molar-refractivity contribution in [3.63, 3.8) is 0 Å². The standard InChI is InChI=1S/C11H17NO6S2/c1-3-17-10(18-4-2)6-12-20(15,16)8-5-9(11(13)14)19-7-8/h5,7,10,12H,3-4,6H2,1-2H3,(H,13,14). The summed E-state index contributed by atoms with van der Waals surface area (Å²) in [5, 5.41) is 10.1. The number of carboxylic acid groups (broad SMARTS) is 1. The highest BCUT2D eigenvalue weighted by atomic mass is 32.2. The Balaban J connectivity index is 2.70. The van der Waals surface area contributed by atoms with Crippen LogP contribution in [0, 0.1) is 0 Å². The maximum atomic E-state index is 12.0. The van der Waals surface area contributed by atoms with Crippen molar-refractivity contribution in [3.8, 4) is 0 Å². The van der Waals surface area contributed by atoms with Gasteiger partial charge in [-0.25, -0.2) is 17.9 Å². The van der Waals surface area contributed by atoms with E-state index in [0.29, 0.717) is 13.2 Å². The van der Waals surface area contributed by atoms with Gasteiger partial charge in [-0.15, -0.1) is 11.3 Å². The number of rotatable bonds is 9.